The van der Waals surface area contributed by atoms with Crippen molar-refractivity contribution in [3.05, 3.63) is 21.3 Å². The average Bonchev–Trinajstić information content (AvgIpc) is 2.68. The van der Waals surface area contributed by atoms with Crippen LogP contribution >= 0.6 is 22.9 Å². The smallest absolute Gasteiger partial charge is 0.0931 e. The van der Waals surface area contributed by atoms with Crippen LogP contribution in [0.5, 0.6) is 0 Å². The molecule has 1 N–H and O–H groups in total. The standard InChI is InChI=1S/C11H16ClNOS/c1-13-11(8-4-6-14-7-5-8)9-2-3-10(12)15-9/h2-3,8,11,13H,4-7H2,1H3. The second-order valence-corrected chi connectivity index (χ2v) is 5.60. The molecular formula is C11H16ClNOS. The Morgan fingerprint density at radius 3 is 2.73 bits per heavy atom. The second kappa shape index (κ2) is 5.30. The van der Waals surface area contributed by atoms with Crippen molar-refractivity contribution in [3.63, 3.8) is 0 Å². The lowest BCUT2D eigenvalue weighted by Gasteiger charge is -2.29. The van der Waals surface area contributed by atoms with E-state index in [9.17, 15) is 0 Å². The third-order valence-electron chi connectivity index (χ3n) is 2.95. The van der Waals surface area contributed by atoms with Crippen molar-refractivity contribution in [2.75, 3.05) is 20.3 Å². The molecule has 15 heavy (non-hydrogen) atoms. The molecule has 84 valence electrons. The van der Waals surface area contributed by atoms with Crippen LogP contribution in [-0.2, 0) is 4.74 Å². The summed E-state index contributed by atoms with van der Waals surface area (Å²) in [6.45, 7) is 1.78. The Morgan fingerprint density at radius 1 is 1.47 bits per heavy atom. The predicted octanol–water partition coefficient (Wildman–Crippen LogP) is 3.09. The third-order valence-corrected chi connectivity index (χ3v) is 4.26. The Balaban J connectivity index is 2.08. The van der Waals surface area contributed by atoms with Gasteiger partial charge in [0.1, 0.15) is 0 Å². The van der Waals surface area contributed by atoms with Crippen LogP contribution in [-0.4, -0.2) is 20.3 Å². The molecular weight excluding hydrogens is 230 g/mol. The number of ether oxygens (including phenoxy) is 1. The van der Waals surface area contributed by atoms with Crippen molar-refractivity contribution >= 4 is 22.9 Å². The van der Waals surface area contributed by atoms with Crippen LogP contribution in [0.2, 0.25) is 4.34 Å². The van der Waals surface area contributed by atoms with E-state index in [-0.39, 0.29) is 0 Å². The highest BCUT2D eigenvalue weighted by molar-refractivity contribution is 7.16. The summed E-state index contributed by atoms with van der Waals surface area (Å²) >= 11 is 7.64. The number of hydrogen-bond donors (Lipinski definition) is 1. The van der Waals surface area contributed by atoms with Crippen LogP contribution in [0.25, 0.3) is 0 Å². The fraction of sp³-hybridized carbons (Fsp3) is 0.636. The third kappa shape index (κ3) is 2.72. The minimum Gasteiger partial charge on any atom is -0.381 e. The van der Waals surface area contributed by atoms with Crippen molar-refractivity contribution in [1.82, 2.24) is 5.32 Å². The van der Waals surface area contributed by atoms with Crippen molar-refractivity contribution < 1.29 is 4.74 Å². The van der Waals surface area contributed by atoms with Crippen LogP contribution < -0.4 is 5.32 Å². The van der Waals surface area contributed by atoms with Crippen molar-refractivity contribution in [3.8, 4) is 0 Å². The van der Waals surface area contributed by atoms with Crippen molar-refractivity contribution in [2.45, 2.75) is 18.9 Å². The molecule has 0 radical (unpaired) electrons. The molecule has 1 aromatic heterocycles. The molecule has 2 heterocycles. The van der Waals surface area contributed by atoms with Gasteiger partial charge in [-0.15, -0.1) is 11.3 Å². The maximum absolute atomic E-state index is 5.97. The summed E-state index contributed by atoms with van der Waals surface area (Å²) < 4.78 is 6.26. The number of nitrogens with one attached hydrogen (secondary N) is 1. The van der Waals surface area contributed by atoms with Crippen LogP contribution in [0.4, 0.5) is 0 Å². The van der Waals surface area contributed by atoms with E-state index in [4.69, 9.17) is 16.3 Å². The van der Waals surface area contributed by atoms with Gasteiger partial charge in [-0.25, -0.2) is 0 Å². The molecule has 2 rings (SSSR count). The molecule has 0 amide bonds. The van der Waals surface area contributed by atoms with E-state index in [2.05, 4.69) is 11.4 Å². The van der Waals surface area contributed by atoms with Gasteiger partial charge in [0.25, 0.3) is 0 Å². The Labute approximate surface area is 99.6 Å². The van der Waals surface area contributed by atoms with Gasteiger partial charge in [0, 0.05) is 24.1 Å². The molecule has 1 saturated heterocycles. The normalized spacial score (nSPS) is 20.4. The van der Waals surface area contributed by atoms with Crippen molar-refractivity contribution in [1.29, 1.82) is 0 Å². The minimum absolute atomic E-state index is 0.436. The van der Waals surface area contributed by atoms with Gasteiger partial charge in [-0.1, -0.05) is 11.6 Å². The monoisotopic (exact) mass is 245 g/mol. The van der Waals surface area contributed by atoms with E-state index >= 15 is 0 Å². The molecule has 0 bridgehead atoms. The van der Waals surface area contributed by atoms with E-state index < -0.39 is 0 Å². The summed E-state index contributed by atoms with van der Waals surface area (Å²) in [4.78, 5) is 1.34. The molecule has 1 aliphatic rings. The van der Waals surface area contributed by atoms with Gasteiger partial charge in [-0.3, -0.25) is 0 Å². The maximum Gasteiger partial charge on any atom is 0.0931 e. The molecule has 0 aliphatic carbocycles. The molecule has 2 nitrogen and oxygen atoms in total. The molecule has 1 unspecified atom stereocenters. The zero-order chi connectivity index (χ0) is 10.7. The summed E-state index contributed by atoms with van der Waals surface area (Å²) in [5, 5.41) is 3.40. The quantitative estimate of drug-likeness (QED) is 0.884. The number of thiophene rings is 1. The van der Waals surface area contributed by atoms with Gasteiger partial charge >= 0.3 is 0 Å². The average molecular weight is 246 g/mol. The summed E-state index contributed by atoms with van der Waals surface area (Å²) in [6, 6.07) is 4.54. The molecule has 0 saturated carbocycles. The first kappa shape index (κ1) is 11.4. The van der Waals surface area contributed by atoms with Crippen LogP contribution in [0, 0.1) is 5.92 Å². The predicted molar refractivity (Wildman–Crippen MR) is 64.7 cm³/mol. The zero-order valence-corrected chi connectivity index (χ0v) is 10.4. The number of rotatable bonds is 3. The van der Waals surface area contributed by atoms with Gasteiger partial charge in [-0.2, -0.15) is 0 Å². The topological polar surface area (TPSA) is 21.3 Å². The van der Waals surface area contributed by atoms with E-state index in [1.54, 1.807) is 11.3 Å². The largest absolute Gasteiger partial charge is 0.381 e. The Bertz CT molecular complexity index is 309. The van der Waals surface area contributed by atoms with Gasteiger partial charge < -0.3 is 10.1 Å². The second-order valence-electron chi connectivity index (χ2n) is 3.86. The first-order chi connectivity index (χ1) is 7.31. The van der Waals surface area contributed by atoms with Crippen molar-refractivity contribution in [2.24, 2.45) is 5.92 Å². The summed E-state index contributed by atoms with van der Waals surface area (Å²) in [7, 11) is 2.02. The van der Waals surface area contributed by atoms with E-state index in [0.29, 0.717) is 12.0 Å². The lowest BCUT2D eigenvalue weighted by molar-refractivity contribution is 0.0550. The fourth-order valence-electron chi connectivity index (χ4n) is 2.15. The first-order valence-corrected chi connectivity index (χ1v) is 6.51. The molecule has 4 heteroatoms. The highest BCUT2D eigenvalue weighted by Crippen LogP contribution is 2.35. The van der Waals surface area contributed by atoms with E-state index in [1.165, 1.54) is 4.88 Å². The Kier molecular flexibility index (Phi) is 4.03. The molecule has 1 aliphatic heterocycles. The molecule has 1 atom stereocenters. The van der Waals surface area contributed by atoms with Crippen LogP contribution in [0.1, 0.15) is 23.8 Å². The Hall–Kier alpha value is -0.0900. The molecule has 1 fully saturated rings. The zero-order valence-electron chi connectivity index (χ0n) is 8.83. The first-order valence-electron chi connectivity index (χ1n) is 5.31. The van der Waals surface area contributed by atoms with Gasteiger partial charge in [0.2, 0.25) is 0 Å². The summed E-state index contributed by atoms with van der Waals surface area (Å²) in [5.74, 6) is 0.679. The minimum atomic E-state index is 0.436. The van der Waals surface area contributed by atoms with Gasteiger partial charge in [0.05, 0.1) is 4.34 Å². The van der Waals surface area contributed by atoms with Crippen LogP contribution in [0.3, 0.4) is 0 Å². The number of halogens is 1. The van der Waals surface area contributed by atoms with Crippen LogP contribution in [0.15, 0.2) is 12.1 Å². The molecule has 0 spiro atoms. The summed E-state index contributed by atoms with van der Waals surface area (Å²) in [6.07, 6.45) is 2.28. The lowest BCUT2D eigenvalue weighted by atomic mass is 9.91. The van der Waals surface area contributed by atoms with E-state index in [0.717, 1.165) is 30.4 Å². The highest BCUT2D eigenvalue weighted by Gasteiger charge is 2.25. The lowest BCUT2D eigenvalue weighted by Crippen LogP contribution is -2.29. The van der Waals surface area contributed by atoms with Gasteiger partial charge in [0.15, 0.2) is 0 Å². The number of hydrogen-bond acceptors (Lipinski definition) is 3. The molecule has 0 aromatic carbocycles. The SMILES string of the molecule is CNC(c1ccc(Cl)s1)C1CCOCC1. The van der Waals surface area contributed by atoms with E-state index in [1.807, 2.05) is 13.1 Å². The fourth-order valence-corrected chi connectivity index (χ4v) is 3.42. The Morgan fingerprint density at radius 2 is 2.20 bits per heavy atom. The maximum atomic E-state index is 5.97. The highest BCUT2D eigenvalue weighted by atomic mass is 35.5. The molecule has 1 aromatic rings. The van der Waals surface area contributed by atoms with Gasteiger partial charge in [-0.05, 0) is 37.9 Å². The summed E-state index contributed by atoms with van der Waals surface area (Å²) in [5.41, 5.74) is 0.